The Labute approximate surface area is 181 Å². The standard InChI is InChI=1S/C24H26N2O3S/c27-24(18-29-21-10-8-20(9-11-21)19-5-2-1-3-6-19)25-17-22(23-7-4-16-30-23)26-12-14-28-15-13-26/h1-11,16,22H,12-15,17-18H2,(H,25,27). The Morgan fingerprint density at radius 2 is 1.73 bits per heavy atom. The first kappa shape index (κ1) is 20.6. The number of nitrogens with zero attached hydrogens (tertiary/aromatic N) is 1. The maximum Gasteiger partial charge on any atom is 0.258 e. The summed E-state index contributed by atoms with van der Waals surface area (Å²) in [6, 6.07) is 22.3. The number of hydrogen-bond donors (Lipinski definition) is 1. The van der Waals surface area contributed by atoms with Crippen LogP contribution in [-0.2, 0) is 9.53 Å². The van der Waals surface area contributed by atoms with Gasteiger partial charge in [0.05, 0.1) is 19.3 Å². The molecule has 156 valence electrons. The molecule has 2 heterocycles. The molecule has 0 saturated carbocycles. The number of thiophene rings is 1. The lowest BCUT2D eigenvalue weighted by molar-refractivity contribution is -0.123. The lowest BCUT2D eigenvalue weighted by Crippen LogP contribution is -2.44. The van der Waals surface area contributed by atoms with Crippen molar-refractivity contribution < 1.29 is 14.3 Å². The molecule has 3 aromatic rings. The molecule has 5 nitrogen and oxygen atoms in total. The van der Waals surface area contributed by atoms with Crippen LogP contribution in [0.1, 0.15) is 10.9 Å². The van der Waals surface area contributed by atoms with Gasteiger partial charge in [-0.25, -0.2) is 0 Å². The van der Waals surface area contributed by atoms with Gasteiger partial charge in [-0.05, 0) is 34.7 Å². The van der Waals surface area contributed by atoms with Crippen LogP contribution in [-0.4, -0.2) is 50.3 Å². The van der Waals surface area contributed by atoms with E-state index in [-0.39, 0.29) is 18.6 Å². The maximum absolute atomic E-state index is 12.4. The zero-order valence-corrected chi connectivity index (χ0v) is 17.6. The largest absolute Gasteiger partial charge is 0.484 e. The summed E-state index contributed by atoms with van der Waals surface area (Å²) in [7, 11) is 0. The Bertz CT molecular complexity index is 907. The molecule has 1 atom stereocenters. The lowest BCUT2D eigenvalue weighted by atomic mass is 10.1. The van der Waals surface area contributed by atoms with E-state index < -0.39 is 0 Å². The Balaban J connectivity index is 1.28. The molecule has 6 heteroatoms. The van der Waals surface area contributed by atoms with Gasteiger partial charge in [-0.3, -0.25) is 9.69 Å². The molecule has 1 amide bonds. The number of amides is 1. The van der Waals surface area contributed by atoms with Crippen LogP contribution < -0.4 is 10.1 Å². The molecule has 0 aliphatic carbocycles. The van der Waals surface area contributed by atoms with E-state index in [1.54, 1.807) is 11.3 Å². The van der Waals surface area contributed by atoms with E-state index in [9.17, 15) is 4.79 Å². The zero-order chi connectivity index (χ0) is 20.6. The molecule has 1 aliphatic heterocycles. The summed E-state index contributed by atoms with van der Waals surface area (Å²) in [5, 5.41) is 5.11. The molecule has 1 fully saturated rings. The first-order chi connectivity index (χ1) is 14.8. The summed E-state index contributed by atoms with van der Waals surface area (Å²) in [5.41, 5.74) is 2.28. The van der Waals surface area contributed by atoms with Crippen LogP contribution in [0.3, 0.4) is 0 Å². The van der Waals surface area contributed by atoms with Crippen molar-refractivity contribution in [1.82, 2.24) is 10.2 Å². The Hall–Kier alpha value is -2.67. The van der Waals surface area contributed by atoms with Crippen molar-refractivity contribution in [3.8, 4) is 16.9 Å². The zero-order valence-electron chi connectivity index (χ0n) is 16.8. The summed E-state index contributed by atoms with van der Waals surface area (Å²) in [5.74, 6) is 0.574. The molecule has 1 aromatic heterocycles. The van der Waals surface area contributed by atoms with Crippen LogP contribution in [0, 0.1) is 0 Å². The number of ether oxygens (including phenoxy) is 2. The van der Waals surface area contributed by atoms with Gasteiger partial charge >= 0.3 is 0 Å². The van der Waals surface area contributed by atoms with E-state index in [0.29, 0.717) is 12.3 Å². The highest BCUT2D eigenvalue weighted by Crippen LogP contribution is 2.25. The molecule has 4 rings (SSSR count). The SMILES string of the molecule is O=C(COc1ccc(-c2ccccc2)cc1)NCC(c1cccs1)N1CCOCC1. The van der Waals surface area contributed by atoms with Crippen LogP contribution in [0.25, 0.3) is 11.1 Å². The minimum absolute atomic E-state index is 0.00492. The first-order valence-electron chi connectivity index (χ1n) is 10.2. The van der Waals surface area contributed by atoms with Crippen LogP contribution in [0.4, 0.5) is 0 Å². The summed E-state index contributed by atoms with van der Waals surface area (Å²) >= 11 is 1.72. The highest BCUT2D eigenvalue weighted by atomic mass is 32.1. The first-order valence-corrected chi connectivity index (χ1v) is 11.1. The van der Waals surface area contributed by atoms with E-state index >= 15 is 0 Å². The van der Waals surface area contributed by atoms with Crippen molar-refractivity contribution in [1.29, 1.82) is 0 Å². The maximum atomic E-state index is 12.4. The third-order valence-corrected chi connectivity index (χ3v) is 6.16. The third kappa shape index (κ3) is 5.48. The van der Waals surface area contributed by atoms with Crippen molar-refractivity contribution >= 4 is 17.2 Å². The van der Waals surface area contributed by atoms with Crippen LogP contribution >= 0.6 is 11.3 Å². The average Bonchev–Trinajstić information content (AvgIpc) is 3.34. The van der Waals surface area contributed by atoms with E-state index in [4.69, 9.17) is 9.47 Å². The van der Waals surface area contributed by atoms with Crippen LogP contribution in [0.15, 0.2) is 72.1 Å². The summed E-state index contributed by atoms with van der Waals surface area (Å²) in [6.07, 6.45) is 0. The van der Waals surface area contributed by atoms with Gasteiger partial charge in [-0.1, -0.05) is 48.5 Å². The van der Waals surface area contributed by atoms with Crippen molar-refractivity contribution in [3.63, 3.8) is 0 Å². The van der Waals surface area contributed by atoms with Gasteiger partial charge in [0.15, 0.2) is 6.61 Å². The van der Waals surface area contributed by atoms with Gasteiger partial charge in [0.25, 0.3) is 5.91 Å². The molecule has 0 radical (unpaired) electrons. The topological polar surface area (TPSA) is 50.8 Å². The smallest absolute Gasteiger partial charge is 0.258 e. The molecular formula is C24H26N2O3S. The van der Waals surface area contributed by atoms with E-state index in [1.807, 2.05) is 42.5 Å². The van der Waals surface area contributed by atoms with Crippen molar-refractivity contribution in [2.24, 2.45) is 0 Å². The molecule has 2 aromatic carbocycles. The van der Waals surface area contributed by atoms with Gasteiger partial charge < -0.3 is 14.8 Å². The van der Waals surface area contributed by atoms with Gasteiger partial charge in [0, 0.05) is 24.5 Å². The van der Waals surface area contributed by atoms with Crippen LogP contribution in [0.5, 0.6) is 5.75 Å². The minimum atomic E-state index is -0.114. The monoisotopic (exact) mass is 422 g/mol. The second kappa shape index (κ2) is 10.4. The van der Waals surface area contributed by atoms with Crippen LogP contribution in [0.2, 0.25) is 0 Å². The fourth-order valence-electron chi connectivity index (χ4n) is 3.56. The highest BCUT2D eigenvalue weighted by molar-refractivity contribution is 7.10. The Morgan fingerprint density at radius 3 is 2.43 bits per heavy atom. The van der Waals surface area contributed by atoms with Crippen molar-refractivity contribution in [2.75, 3.05) is 39.5 Å². The normalized spacial score (nSPS) is 15.5. The van der Waals surface area contributed by atoms with Gasteiger partial charge in [0.1, 0.15) is 5.75 Å². The highest BCUT2D eigenvalue weighted by Gasteiger charge is 2.24. The fraction of sp³-hybridized carbons (Fsp3) is 0.292. The predicted octanol–water partition coefficient (Wildman–Crippen LogP) is 3.98. The molecular weight excluding hydrogens is 396 g/mol. The molecule has 1 unspecified atom stereocenters. The number of hydrogen-bond acceptors (Lipinski definition) is 5. The second-order valence-electron chi connectivity index (χ2n) is 7.16. The Morgan fingerprint density at radius 1 is 1.00 bits per heavy atom. The summed E-state index contributed by atoms with van der Waals surface area (Å²) < 4.78 is 11.2. The quantitative estimate of drug-likeness (QED) is 0.597. The molecule has 0 bridgehead atoms. The van der Waals surface area contributed by atoms with E-state index in [1.165, 1.54) is 4.88 Å². The number of rotatable bonds is 8. The van der Waals surface area contributed by atoms with Gasteiger partial charge in [0.2, 0.25) is 0 Å². The third-order valence-electron chi connectivity index (χ3n) is 5.18. The molecule has 1 N–H and O–H groups in total. The van der Waals surface area contributed by atoms with E-state index in [0.717, 1.165) is 37.4 Å². The number of nitrogens with one attached hydrogen (secondary N) is 1. The minimum Gasteiger partial charge on any atom is -0.484 e. The van der Waals surface area contributed by atoms with Gasteiger partial charge in [-0.2, -0.15) is 0 Å². The van der Waals surface area contributed by atoms with E-state index in [2.05, 4.69) is 39.9 Å². The molecule has 30 heavy (non-hydrogen) atoms. The number of morpholine rings is 1. The predicted molar refractivity (Wildman–Crippen MR) is 120 cm³/mol. The fourth-order valence-corrected chi connectivity index (χ4v) is 4.43. The number of benzene rings is 2. The van der Waals surface area contributed by atoms with Crippen molar-refractivity contribution in [2.45, 2.75) is 6.04 Å². The Kier molecular flexibility index (Phi) is 7.13. The average molecular weight is 423 g/mol. The molecule has 0 spiro atoms. The summed E-state index contributed by atoms with van der Waals surface area (Å²) in [6.45, 7) is 3.79. The van der Waals surface area contributed by atoms with Crippen molar-refractivity contribution in [3.05, 3.63) is 77.0 Å². The second-order valence-corrected chi connectivity index (χ2v) is 8.14. The molecule has 1 saturated heterocycles. The number of carbonyl (C=O) groups is 1. The summed E-state index contributed by atoms with van der Waals surface area (Å²) in [4.78, 5) is 16.0. The lowest BCUT2D eigenvalue weighted by Gasteiger charge is -2.34. The number of carbonyl (C=O) groups excluding carboxylic acids is 1. The molecule has 1 aliphatic rings. The van der Waals surface area contributed by atoms with Gasteiger partial charge in [-0.15, -0.1) is 11.3 Å².